The van der Waals surface area contributed by atoms with Gasteiger partial charge in [-0.2, -0.15) is 0 Å². The van der Waals surface area contributed by atoms with Crippen molar-refractivity contribution in [3.8, 4) is 10.4 Å². The van der Waals surface area contributed by atoms with Gasteiger partial charge in [-0.25, -0.2) is 9.97 Å². The van der Waals surface area contributed by atoms with Crippen LogP contribution in [0.1, 0.15) is 97.6 Å². The van der Waals surface area contributed by atoms with Crippen LogP contribution >= 0.6 is 11.3 Å². The molecule has 2 saturated heterocycles. The number of aromatic amines is 1. The number of hydrogen-bond donors (Lipinski definition) is 6. The van der Waals surface area contributed by atoms with E-state index in [0.717, 1.165) is 51.6 Å². The molecule has 5 aromatic rings. The van der Waals surface area contributed by atoms with E-state index >= 15 is 0 Å². The first-order chi connectivity index (χ1) is 30.1. The summed E-state index contributed by atoms with van der Waals surface area (Å²) in [4.78, 5) is 83.9. The lowest BCUT2D eigenvalue weighted by atomic mass is 9.85. The van der Waals surface area contributed by atoms with E-state index < -0.39 is 29.5 Å². The molecule has 2 aliphatic heterocycles. The fourth-order valence-electron chi connectivity index (χ4n) is 8.18. The first-order valence-electron chi connectivity index (χ1n) is 21.6. The van der Waals surface area contributed by atoms with Crippen LogP contribution in [0, 0.1) is 12.3 Å². The maximum absolute atomic E-state index is 14.0. The van der Waals surface area contributed by atoms with Crippen LogP contribution in [0.15, 0.2) is 72.2 Å². The molecule has 0 unspecified atom stereocenters. The van der Waals surface area contributed by atoms with Crippen molar-refractivity contribution in [1.82, 2.24) is 40.7 Å². The first kappa shape index (κ1) is 45.1. The van der Waals surface area contributed by atoms with E-state index in [4.69, 9.17) is 4.98 Å². The van der Waals surface area contributed by atoms with Gasteiger partial charge in [-0.1, -0.05) is 45.0 Å². The molecule has 3 aromatic carbocycles. The van der Waals surface area contributed by atoms with Gasteiger partial charge in [0.1, 0.15) is 17.9 Å². The van der Waals surface area contributed by atoms with Gasteiger partial charge >= 0.3 is 0 Å². The number of H-pyrrole nitrogens is 1. The largest absolute Gasteiger partial charge is 0.391 e. The highest BCUT2D eigenvalue weighted by atomic mass is 32.1. The summed E-state index contributed by atoms with van der Waals surface area (Å²) >= 11 is 1.57. The Morgan fingerprint density at radius 2 is 1.70 bits per heavy atom. The molecule has 16 heteroatoms. The van der Waals surface area contributed by atoms with E-state index in [2.05, 4.69) is 43.1 Å². The number of imidazole rings is 1. The summed E-state index contributed by atoms with van der Waals surface area (Å²) in [6, 6.07) is 18.4. The standard InChI is InChI=1S/C47H57N9O6S/c1-28-8-7-21-55(28)26-39-52-36-19-18-34(22-37(36)53-39)51-44(60)33-16-14-32(15-17-33)43(59)48-20-6-9-40(58)54-42(47(3,4)5)46(62)56-25-35(57)23-38(56)45(61)49-24-30-10-12-31(13-11-30)41-29(2)50-27-63-41/h10-19,22,27-28,35,38,42,57H,6-9,20-21,23-26H2,1-5H3,(H,48,59)(H,49,61)(H,51,60)(H,52,53)(H,54,58)/t28-,35+,38-,42+/m0/s1. The van der Waals surface area contributed by atoms with Crippen molar-refractivity contribution < 1.29 is 29.1 Å². The molecule has 7 rings (SSSR count). The van der Waals surface area contributed by atoms with Crippen molar-refractivity contribution in [3.63, 3.8) is 0 Å². The molecule has 2 aliphatic rings. The highest BCUT2D eigenvalue weighted by Crippen LogP contribution is 2.29. The summed E-state index contributed by atoms with van der Waals surface area (Å²) in [6.45, 7) is 11.9. The average molecular weight is 876 g/mol. The van der Waals surface area contributed by atoms with E-state index in [1.165, 1.54) is 17.7 Å². The smallest absolute Gasteiger partial charge is 0.255 e. The molecule has 0 bridgehead atoms. The Bertz CT molecular complexity index is 2440. The molecule has 2 aromatic heterocycles. The number of β-amino-alcohol motifs (C(OH)–C–C–N with tert-alkyl or cyclic N) is 1. The number of anilines is 1. The number of nitrogens with zero attached hydrogens (tertiary/aromatic N) is 4. The van der Waals surface area contributed by atoms with E-state index in [0.29, 0.717) is 29.3 Å². The fraction of sp³-hybridized carbons (Fsp3) is 0.426. The number of carbonyl (C=O) groups is 5. The number of benzene rings is 3. The van der Waals surface area contributed by atoms with E-state index in [9.17, 15) is 29.1 Å². The number of nitrogens with one attached hydrogen (secondary N) is 5. The predicted octanol–water partition coefficient (Wildman–Crippen LogP) is 5.55. The number of aromatic nitrogens is 3. The Balaban J connectivity index is 0.854. The van der Waals surface area contributed by atoms with Gasteiger partial charge in [0.2, 0.25) is 17.7 Å². The third-order valence-electron chi connectivity index (χ3n) is 11.8. The number of fused-ring (bicyclic) bond motifs is 1. The Morgan fingerprint density at radius 3 is 2.37 bits per heavy atom. The van der Waals surface area contributed by atoms with Gasteiger partial charge in [0, 0.05) is 55.3 Å². The summed E-state index contributed by atoms with van der Waals surface area (Å²) in [6.07, 6.45) is 1.94. The second-order valence-electron chi connectivity index (χ2n) is 17.7. The molecule has 4 atom stereocenters. The topological polar surface area (TPSA) is 202 Å². The quantitative estimate of drug-likeness (QED) is 0.0730. The SMILES string of the molecule is Cc1ncsc1-c1ccc(CNC(=O)[C@@H]2C[C@@H](O)CN2C(=O)[C@@H](NC(=O)CCCNC(=O)c2ccc(C(=O)Nc3ccc4nc(CN5CCC[C@@H]5C)[nH]c4c3)cc2)C(C)(C)C)cc1. The zero-order valence-electron chi connectivity index (χ0n) is 36.5. The number of aliphatic hydroxyl groups is 1. The molecular weight excluding hydrogens is 819 g/mol. The third-order valence-corrected chi connectivity index (χ3v) is 12.8. The van der Waals surface area contributed by atoms with E-state index in [1.54, 1.807) is 35.6 Å². The molecule has 0 saturated carbocycles. The number of carbonyl (C=O) groups excluding carboxylic acids is 5. The molecule has 2 fully saturated rings. The van der Waals surface area contributed by atoms with Crippen LogP contribution in [0.3, 0.4) is 0 Å². The summed E-state index contributed by atoms with van der Waals surface area (Å²) in [5, 5.41) is 22.1. The second kappa shape index (κ2) is 19.6. The van der Waals surface area contributed by atoms with Crippen LogP contribution in [0.5, 0.6) is 0 Å². The van der Waals surface area contributed by atoms with Gasteiger partial charge in [-0.3, -0.25) is 28.9 Å². The third kappa shape index (κ3) is 11.2. The number of aryl methyl sites for hydroxylation is 1. The molecular formula is C47H57N9O6S. The number of likely N-dealkylation sites (tertiary alicyclic amines) is 2. The maximum atomic E-state index is 14.0. The van der Waals surface area contributed by atoms with E-state index in [1.807, 2.05) is 75.7 Å². The Hall–Kier alpha value is -5.97. The van der Waals surface area contributed by atoms with Crippen LogP contribution in [-0.2, 0) is 27.5 Å². The summed E-state index contributed by atoms with van der Waals surface area (Å²) in [7, 11) is 0. The highest BCUT2D eigenvalue weighted by Gasteiger charge is 2.44. The molecule has 5 amide bonds. The summed E-state index contributed by atoms with van der Waals surface area (Å²) in [5.74, 6) is -0.976. The predicted molar refractivity (Wildman–Crippen MR) is 243 cm³/mol. The first-order valence-corrected chi connectivity index (χ1v) is 22.5. The van der Waals surface area contributed by atoms with Crippen molar-refractivity contribution in [2.24, 2.45) is 5.41 Å². The maximum Gasteiger partial charge on any atom is 0.255 e. The van der Waals surface area contributed by atoms with Crippen molar-refractivity contribution in [2.45, 2.75) is 104 Å². The molecule has 332 valence electrons. The number of amides is 5. The molecule has 63 heavy (non-hydrogen) atoms. The minimum Gasteiger partial charge on any atom is -0.391 e. The number of aliphatic hydroxyl groups excluding tert-OH is 1. The Kier molecular flexibility index (Phi) is 14.0. The van der Waals surface area contributed by atoms with Crippen LogP contribution in [0.2, 0.25) is 0 Å². The fourth-order valence-corrected chi connectivity index (χ4v) is 8.99. The lowest BCUT2D eigenvalue weighted by Gasteiger charge is -2.35. The number of hydrogen-bond acceptors (Lipinski definition) is 10. The number of thiazole rings is 1. The Morgan fingerprint density at radius 1 is 0.968 bits per heavy atom. The van der Waals surface area contributed by atoms with Crippen molar-refractivity contribution >= 4 is 57.6 Å². The molecule has 6 N–H and O–H groups in total. The zero-order valence-corrected chi connectivity index (χ0v) is 37.3. The van der Waals surface area contributed by atoms with Gasteiger partial charge in [-0.05, 0) is 98.7 Å². The minimum atomic E-state index is -0.964. The summed E-state index contributed by atoms with van der Waals surface area (Å²) < 4.78 is 0. The van der Waals surface area contributed by atoms with Crippen molar-refractivity contribution in [3.05, 3.63) is 100 Å². The summed E-state index contributed by atoms with van der Waals surface area (Å²) in [5.41, 5.74) is 7.04. The monoisotopic (exact) mass is 875 g/mol. The minimum absolute atomic E-state index is 0.0263. The zero-order chi connectivity index (χ0) is 44.8. The van der Waals surface area contributed by atoms with Crippen molar-refractivity contribution in [2.75, 3.05) is 25.0 Å². The molecule has 0 spiro atoms. The average Bonchev–Trinajstić information content (AvgIpc) is 4.07. The van der Waals surface area contributed by atoms with Gasteiger partial charge in [-0.15, -0.1) is 11.3 Å². The van der Waals surface area contributed by atoms with E-state index in [-0.39, 0.29) is 56.1 Å². The molecule has 0 aliphatic carbocycles. The number of rotatable bonds is 15. The van der Waals surface area contributed by atoms with Crippen LogP contribution in [0.25, 0.3) is 21.5 Å². The van der Waals surface area contributed by atoms with Crippen LogP contribution < -0.4 is 21.3 Å². The lowest BCUT2D eigenvalue weighted by molar-refractivity contribution is -0.144. The highest BCUT2D eigenvalue weighted by molar-refractivity contribution is 7.13. The van der Waals surface area contributed by atoms with Crippen LogP contribution in [0.4, 0.5) is 5.69 Å². The van der Waals surface area contributed by atoms with Gasteiger partial charge in [0.25, 0.3) is 11.8 Å². The second-order valence-corrected chi connectivity index (χ2v) is 18.6. The lowest BCUT2D eigenvalue weighted by Crippen LogP contribution is -2.57. The molecule has 0 radical (unpaired) electrons. The van der Waals surface area contributed by atoms with Gasteiger partial charge in [0.15, 0.2) is 0 Å². The Labute approximate surface area is 371 Å². The molecule has 15 nitrogen and oxygen atoms in total. The van der Waals surface area contributed by atoms with Gasteiger partial charge < -0.3 is 36.3 Å². The molecule has 4 heterocycles. The normalized spacial score (nSPS) is 18.3. The van der Waals surface area contributed by atoms with Crippen molar-refractivity contribution in [1.29, 1.82) is 0 Å². The van der Waals surface area contributed by atoms with Crippen LogP contribution in [-0.4, -0.2) is 103 Å². The van der Waals surface area contributed by atoms with Gasteiger partial charge in [0.05, 0.1) is 39.8 Å².